The number of ether oxygens (including phenoxy) is 1. The summed E-state index contributed by atoms with van der Waals surface area (Å²) in [6.07, 6.45) is -4.73. The van der Waals surface area contributed by atoms with Gasteiger partial charge in [0.2, 0.25) is 5.89 Å². The van der Waals surface area contributed by atoms with E-state index in [0.717, 1.165) is 18.2 Å². The lowest BCUT2D eigenvalue weighted by Gasteiger charge is -2.11. The normalized spacial score (nSPS) is 11.1. The van der Waals surface area contributed by atoms with Gasteiger partial charge in [-0.2, -0.15) is 13.2 Å². The molecule has 0 saturated carbocycles. The van der Waals surface area contributed by atoms with Gasteiger partial charge in [0.15, 0.2) is 6.61 Å². The molecule has 0 radical (unpaired) electrons. The standard InChI is InChI=1S/C18H12F3N3O4/c19-18(20,21)13-9-5-4-8-12(13)16(26)27-10-14(25)22-17-24-23-15(28-17)11-6-2-1-3-7-11/h1-9H,10H2,(H,22,24,25). The summed E-state index contributed by atoms with van der Waals surface area (Å²) in [5.41, 5.74) is -1.21. The lowest BCUT2D eigenvalue weighted by molar-refractivity contribution is -0.138. The molecule has 1 heterocycles. The van der Waals surface area contributed by atoms with Crippen molar-refractivity contribution in [1.29, 1.82) is 0 Å². The van der Waals surface area contributed by atoms with Crippen molar-refractivity contribution >= 4 is 17.9 Å². The maximum Gasteiger partial charge on any atom is 0.417 e. The lowest BCUT2D eigenvalue weighted by Crippen LogP contribution is -2.22. The van der Waals surface area contributed by atoms with E-state index in [1.807, 2.05) is 0 Å². The first-order chi connectivity index (χ1) is 13.3. The molecule has 0 saturated heterocycles. The monoisotopic (exact) mass is 391 g/mol. The Morgan fingerprint density at radius 2 is 1.68 bits per heavy atom. The topological polar surface area (TPSA) is 94.3 Å². The number of hydrogen-bond acceptors (Lipinski definition) is 6. The zero-order valence-corrected chi connectivity index (χ0v) is 14.1. The van der Waals surface area contributed by atoms with E-state index in [4.69, 9.17) is 4.42 Å². The van der Waals surface area contributed by atoms with Crippen LogP contribution in [0.4, 0.5) is 19.2 Å². The fourth-order valence-electron chi connectivity index (χ4n) is 2.24. The Morgan fingerprint density at radius 3 is 2.39 bits per heavy atom. The Labute approximate surface area is 156 Å². The molecule has 3 rings (SSSR count). The number of alkyl halides is 3. The van der Waals surface area contributed by atoms with Crippen molar-refractivity contribution in [2.45, 2.75) is 6.18 Å². The van der Waals surface area contributed by atoms with Crippen LogP contribution in [0.15, 0.2) is 59.0 Å². The average Bonchev–Trinajstić information content (AvgIpc) is 3.14. The number of benzene rings is 2. The maximum absolute atomic E-state index is 12.9. The third-order valence-electron chi connectivity index (χ3n) is 3.48. The van der Waals surface area contributed by atoms with Gasteiger partial charge in [-0.05, 0) is 24.3 Å². The third-order valence-corrected chi connectivity index (χ3v) is 3.48. The maximum atomic E-state index is 12.9. The summed E-state index contributed by atoms with van der Waals surface area (Å²) in [5.74, 6) is -1.97. The van der Waals surface area contributed by atoms with E-state index < -0.39 is 35.8 Å². The number of nitrogens with zero attached hydrogens (tertiary/aromatic N) is 2. The van der Waals surface area contributed by atoms with Gasteiger partial charge in [0.1, 0.15) is 0 Å². The van der Waals surface area contributed by atoms with Crippen LogP contribution >= 0.6 is 0 Å². The number of carbonyl (C=O) groups is 2. The summed E-state index contributed by atoms with van der Waals surface area (Å²) >= 11 is 0. The highest BCUT2D eigenvalue weighted by Gasteiger charge is 2.35. The molecule has 10 heteroatoms. The summed E-state index contributed by atoms with van der Waals surface area (Å²) < 4.78 is 48.7. The first-order valence-electron chi connectivity index (χ1n) is 7.87. The molecular formula is C18H12F3N3O4. The number of halogens is 3. The fraction of sp³-hybridized carbons (Fsp3) is 0.111. The zero-order valence-electron chi connectivity index (χ0n) is 14.1. The van der Waals surface area contributed by atoms with Crippen molar-refractivity contribution in [3.63, 3.8) is 0 Å². The fourth-order valence-corrected chi connectivity index (χ4v) is 2.24. The van der Waals surface area contributed by atoms with Gasteiger partial charge >= 0.3 is 18.2 Å². The molecule has 1 aromatic heterocycles. The average molecular weight is 391 g/mol. The largest absolute Gasteiger partial charge is 0.452 e. The van der Waals surface area contributed by atoms with Crippen LogP contribution in [0.3, 0.4) is 0 Å². The molecule has 0 spiro atoms. The van der Waals surface area contributed by atoms with Crippen molar-refractivity contribution in [2.24, 2.45) is 0 Å². The molecule has 2 aromatic carbocycles. The number of carbonyl (C=O) groups excluding carboxylic acids is 2. The highest BCUT2D eigenvalue weighted by Crippen LogP contribution is 2.32. The van der Waals surface area contributed by atoms with Gasteiger partial charge in [0, 0.05) is 5.56 Å². The van der Waals surface area contributed by atoms with Gasteiger partial charge in [-0.15, -0.1) is 5.10 Å². The van der Waals surface area contributed by atoms with E-state index in [9.17, 15) is 22.8 Å². The van der Waals surface area contributed by atoms with Crippen molar-refractivity contribution in [3.8, 4) is 11.5 Å². The molecule has 1 N–H and O–H groups in total. The number of hydrogen-bond donors (Lipinski definition) is 1. The molecule has 3 aromatic rings. The van der Waals surface area contributed by atoms with Crippen LogP contribution in [-0.4, -0.2) is 28.7 Å². The minimum atomic E-state index is -4.73. The smallest absolute Gasteiger partial charge is 0.417 e. The first kappa shape index (κ1) is 19.1. The second-order valence-corrected chi connectivity index (χ2v) is 5.45. The van der Waals surface area contributed by atoms with Gasteiger partial charge in [-0.3, -0.25) is 10.1 Å². The van der Waals surface area contributed by atoms with Crippen LogP contribution in [0.2, 0.25) is 0 Å². The SMILES string of the molecule is O=C(COC(=O)c1ccccc1C(F)(F)F)Nc1nnc(-c2ccccc2)o1. The molecule has 28 heavy (non-hydrogen) atoms. The summed E-state index contributed by atoms with van der Waals surface area (Å²) in [5, 5.41) is 9.59. The Morgan fingerprint density at radius 1 is 1.00 bits per heavy atom. The molecule has 0 atom stereocenters. The van der Waals surface area contributed by atoms with Crippen LogP contribution < -0.4 is 5.32 Å². The van der Waals surface area contributed by atoms with E-state index in [2.05, 4.69) is 20.3 Å². The van der Waals surface area contributed by atoms with E-state index in [1.54, 1.807) is 30.3 Å². The van der Waals surface area contributed by atoms with Crippen molar-refractivity contribution in [1.82, 2.24) is 10.2 Å². The predicted octanol–water partition coefficient (Wildman–Crippen LogP) is 3.55. The Kier molecular flexibility index (Phi) is 5.39. The van der Waals surface area contributed by atoms with Crippen LogP contribution in [0, 0.1) is 0 Å². The van der Waals surface area contributed by atoms with Crippen molar-refractivity contribution < 1.29 is 31.9 Å². The van der Waals surface area contributed by atoms with E-state index in [0.29, 0.717) is 5.56 Å². The van der Waals surface area contributed by atoms with Gasteiger partial charge < -0.3 is 9.15 Å². The summed E-state index contributed by atoms with van der Waals surface area (Å²) in [6, 6.07) is 12.6. The zero-order chi connectivity index (χ0) is 20.1. The number of nitrogens with one attached hydrogen (secondary N) is 1. The number of anilines is 1. The van der Waals surface area contributed by atoms with Crippen LogP contribution in [0.1, 0.15) is 15.9 Å². The van der Waals surface area contributed by atoms with Gasteiger partial charge in [0.25, 0.3) is 5.91 Å². The molecule has 0 aliphatic carbocycles. The molecule has 0 aliphatic rings. The summed E-state index contributed by atoms with van der Waals surface area (Å²) in [4.78, 5) is 23.7. The molecule has 0 bridgehead atoms. The van der Waals surface area contributed by atoms with E-state index in [-0.39, 0.29) is 11.9 Å². The molecular weight excluding hydrogens is 379 g/mol. The predicted molar refractivity (Wildman–Crippen MR) is 90.1 cm³/mol. The molecule has 1 amide bonds. The van der Waals surface area contributed by atoms with Gasteiger partial charge in [0.05, 0.1) is 11.1 Å². The summed E-state index contributed by atoms with van der Waals surface area (Å²) in [7, 11) is 0. The van der Waals surface area contributed by atoms with Crippen LogP contribution in [-0.2, 0) is 15.7 Å². The number of amides is 1. The van der Waals surface area contributed by atoms with Crippen molar-refractivity contribution in [2.75, 3.05) is 11.9 Å². The molecule has 144 valence electrons. The lowest BCUT2D eigenvalue weighted by atomic mass is 10.1. The first-order valence-corrected chi connectivity index (χ1v) is 7.87. The molecule has 0 unspecified atom stereocenters. The number of rotatable bonds is 5. The van der Waals surface area contributed by atoms with E-state index in [1.165, 1.54) is 6.07 Å². The second-order valence-electron chi connectivity index (χ2n) is 5.45. The Balaban J connectivity index is 1.60. The number of esters is 1. The quantitative estimate of drug-likeness (QED) is 0.669. The molecule has 0 fully saturated rings. The Hall–Kier alpha value is -3.69. The van der Waals surface area contributed by atoms with Crippen molar-refractivity contribution in [3.05, 3.63) is 65.7 Å². The number of aromatic nitrogens is 2. The van der Waals surface area contributed by atoms with Gasteiger partial charge in [-0.25, -0.2) is 4.79 Å². The highest BCUT2D eigenvalue weighted by atomic mass is 19.4. The Bertz CT molecular complexity index is 987. The minimum absolute atomic E-state index is 0.159. The van der Waals surface area contributed by atoms with E-state index >= 15 is 0 Å². The molecule has 7 nitrogen and oxygen atoms in total. The highest BCUT2D eigenvalue weighted by molar-refractivity contribution is 5.95. The minimum Gasteiger partial charge on any atom is -0.452 e. The summed E-state index contributed by atoms with van der Waals surface area (Å²) in [6.45, 7) is -0.825. The van der Waals surface area contributed by atoms with Gasteiger partial charge in [-0.1, -0.05) is 35.4 Å². The second kappa shape index (κ2) is 7.91. The third kappa shape index (κ3) is 4.53. The van der Waals surface area contributed by atoms with Crippen LogP contribution in [0.25, 0.3) is 11.5 Å². The molecule has 0 aliphatic heterocycles. The van der Waals surface area contributed by atoms with Crippen LogP contribution in [0.5, 0.6) is 0 Å².